The predicted molar refractivity (Wildman–Crippen MR) is 95.4 cm³/mol. The molecule has 0 aliphatic carbocycles. The van der Waals surface area contributed by atoms with Gasteiger partial charge in [0, 0.05) is 23.8 Å². The zero-order valence-electron chi connectivity index (χ0n) is 14.0. The van der Waals surface area contributed by atoms with Gasteiger partial charge in [0.15, 0.2) is 0 Å². The topological polar surface area (TPSA) is 40.6 Å². The van der Waals surface area contributed by atoms with Gasteiger partial charge in [-0.1, -0.05) is 29.3 Å². The van der Waals surface area contributed by atoms with Crippen molar-refractivity contribution in [2.75, 3.05) is 18.0 Å². The molecule has 6 heteroatoms. The first kappa shape index (κ1) is 17.4. The Morgan fingerprint density at radius 2 is 1.88 bits per heavy atom. The van der Waals surface area contributed by atoms with Gasteiger partial charge in [-0.15, -0.1) is 0 Å². The zero-order valence-corrected chi connectivity index (χ0v) is 14.8. The number of anilines is 1. The first-order chi connectivity index (χ1) is 11.9. The average molecular weight is 361 g/mol. The van der Waals surface area contributed by atoms with Crippen LogP contribution in [0.15, 0.2) is 42.5 Å². The highest BCUT2D eigenvalue weighted by Crippen LogP contribution is 2.23. The molecule has 25 heavy (non-hydrogen) atoms. The smallest absolute Gasteiger partial charge is 0.254 e. The third kappa shape index (κ3) is 3.51. The van der Waals surface area contributed by atoms with E-state index in [-0.39, 0.29) is 35.0 Å². The minimum Gasteiger partial charge on any atom is -0.325 e. The van der Waals surface area contributed by atoms with E-state index in [1.54, 1.807) is 4.90 Å². The first-order valence-corrected chi connectivity index (χ1v) is 8.37. The molecule has 2 amide bonds. The highest BCUT2D eigenvalue weighted by molar-refractivity contribution is 6.30. The van der Waals surface area contributed by atoms with Gasteiger partial charge in [-0.3, -0.25) is 9.59 Å². The van der Waals surface area contributed by atoms with Crippen LogP contribution < -0.4 is 4.90 Å². The van der Waals surface area contributed by atoms with E-state index in [2.05, 4.69) is 0 Å². The van der Waals surface area contributed by atoms with E-state index in [4.69, 9.17) is 11.6 Å². The molecule has 1 aliphatic heterocycles. The summed E-state index contributed by atoms with van der Waals surface area (Å²) in [4.78, 5) is 28.3. The molecule has 4 nitrogen and oxygen atoms in total. The summed E-state index contributed by atoms with van der Waals surface area (Å²) in [5.74, 6) is -1.19. The van der Waals surface area contributed by atoms with Crippen molar-refractivity contribution in [3.05, 3.63) is 64.4 Å². The molecule has 1 atom stereocenters. The highest BCUT2D eigenvalue weighted by atomic mass is 35.5. The Balaban J connectivity index is 1.79. The van der Waals surface area contributed by atoms with Crippen LogP contribution in [-0.4, -0.2) is 35.8 Å². The summed E-state index contributed by atoms with van der Waals surface area (Å²) >= 11 is 5.66. The summed E-state index contributed by atoms with van der Waals surface area (Å²) in [7, 11) is 0. The Morgan fingerprint density at radius 3 is 2.52 bits per heavy atom. The second-order valence-corrected chi connectivity index (χ2v) is 6.66. The summed E-state index contributed by atoms with van der Waals surface area (Å²) < 4.78 is 13.6. The number of nitrogens with zero attached hydrogens (tertiary/aromatic N) is 2. The van der Waals surface area contributed by atoms with Crippen molar-refractivity contribution < 1.29 is 14.0 Å². The maximum absolute atomic E-state index is 13.6. The van der Waals surface area contributed by atoms with Crippen LogP contribution in [0, 0.1) is 12.7 Å². The van der Waals surface area contributed by atoms with Crippen molar-refractivity contribution in [1.29, 1.82) is 0 Å². The van der Waals surface area contributed by atoms with E-state index in [1.165, 1.54) is 17.0 Å². The number of hydrogen-bond donors (Lipinski definition) is 0. The van der Waals surface area contributed by atoms with Crippen LogP contribution in [0.4, 0.5) is 10.1 Å². The molecule has 0 spiro atoms. The van der Waals surface area contributed by atoms with E-state index in [1.807, 2.05) is 38.1 Å². The van der Waals surface area contributed by atoms with Gasteiger partial charge in [-0.2, -0.15) is 0 Å². The van der Waals surface area contributed by atoms with Crippen molar-refractivity contribution in [2.45, 2.75) is 19.9 Å². The Hall–Kier alpha value is -2.40. The molecule has 1 saturated heterocycles. The molecule has 0 radical (unpaired) electrons. The first-order valence-electron chi connectivity index (χ1n) is 8.00. The molecule has 3 rings (SSSR count). The molecule has 0 N–H and O–H groups in total. The quantitative estimate of drug-likeness (QED) is 0.820. The molecule has 1 aliphatic rings. The van der Waals surface area contributed by atoms with Crippen LogP contribution in [-0.2, 0) is 4.79 Å². The van der Waals surface area contributed by atoms with Crippen molar-refractivity contribution >= 4 is 29.1 Å². The molecule has 1 fully saturated rings. The summed E-state index contributed by atoms with van der Waals surface area (Å²) in [6.45, 7) is 4.20. The molecular formula is C19H18ClFN2O2. The van der Waals surface area contributed by atoms with Gasteiger partial charge in [0.05, 0.1) is 5.02 Å². The number of rotatable bonds is 2. The lowest BCUT2D eigenvalue weighted by Crippen LogP contribution is -2.57. The fourth-order valence-corrected chi connectivity index (χ4v) is 3.01. The SMILES string of the molecule is Cc1ccc(N2CC(C)N(C(=O)c3ccc(Cl)c(F)c3)CC2=O)cc1. The lowest BCUT2D eigenvalue weighted by molar-refractivity contribution is -0.121. The third-order valence-electron chi connectivity index (χ3n) is 4.36. The number of piperazine rings is 1. The normalized spacial score (nSPS) is 17.8. The average Bonchev–Trinajstić information content (AvgIpc) is 2.59. The van der Waals surface area contributed by atoms with Crippen LogP contribution in [0.2, 0.25) is 5.02 Å². The van der Waals surface area contributed by atoms with Gasteiger partial charge in [0.25, 0.3) is 5.91 Å². The Morgan fingerprint density at radius 1 is 1.20 bits per heavy atom. The fraction of sp³-hybridized carbons (Fsp3) is 0.263. The van der Waals surface area contributed by atoms with E-state index in [0.29, 0.717) is 6.54 Å². The van der Waals surface area contributed by atoms with E-state index >= 15 is 0 Å². The van der Waals surface area contributed by atoms with Crippen molar-refractivity contribution in [3.63, 3.8) is 0 Å². The van der Waals surface area contributed by atoms with Gasteiger partial charge in [0.2, 0.25) is 5.91 Å². The van der Waals surface area contributed by atoms with E-state index < -0.39 is 5.82 Å². The Bertz CT molecular complexity index is 823. The lowest BCUT2D eigenvalue weighted by Gasteiger charge is -2.39. The van der Waals surface area contributed by atoms with Crippen LogP contribution in [0.1, 0.15) is 22.8 Å². The number of carbonyl (C=O) groups excluding carboxylic acids is 2. The van der Waals surface area contributed by atoms with Crippen LogP contribution >= 0.6 is 11.6 Å². The minimum absolute atomic E-state index is 0.0372. The fourth-order valence-electron chi connectivity index (χ4n) is 2.89. The largest absolute Gasteiger partial charge is 0.325 e. The van der Waals surface area contributed by atoms with Crippen molar-refractivity contribution in [1.82, 2.24) is 4.90 Å². The van der Waals surface area contributed by atoms with Crippen molar-refractivity contribution in [3.8, 4) is 0 Å². The number of amides is 2. The summed E-state index contributed by atoms with van der Waals surface area (Å²) in [6, 6.07) is 11.4. The second kappa shape index (κ2) is 6.84. The molecule has 1 heterocycles. The van der Waals surface area contributed by atoms with Crippen molar-refractivity contribution in [2.24, 2.45) is 0 Å². The molecule has 0 saturated carbocycles. The minimum atomic E-state index is -0.648. The molecule has 130 valence electrons. The van der Waals surface area contributed by atoms with Crippen LogP contribution in [0.25, 0.3) is 0 Å². The zero-order chi connectivity index (χ0) is 18.1. The molecular weight excluding hydrogens is 343 g/mol. The highest BCUT2D eigenvalue weighted by Gasteiger charge is 2.33. The molecule has 2 aromatic carbocycles. The van der Waals surface area contributed by atoms with Gasteiger partial charge in [-0.05, 0) is 44.2 Å². The Labute approximate surface area is 150 Å². The summed E-state index contributed by atoms with van der Waals surface area (Å²) in [5.41, 5.74) is 2.11. The predicted octanol–water partition coefficient (Wildman–Crippen LogP) is 3.67. The number of carbonyl (C=O) groups is 2. The third-order valence-corrected chi connectivity index (χ3v) is 4.67. The molecule has 2 aromatic rings. The van der Waals surface area contributed by atoms with Crippen LogP contribution in [0.5, 0.6) is 0 Å². The van der Waals surface area contributed by atoms with Crippen LogP contribution in [0.3, 0.4) is 0 Å². The maximum atomic E-state index is 13.6. The van der Waals surface area contributed by atoms with Gasteiger partial charge < -0.3 is 9.80 Å². The number of halogens is 2. The van der Waals surface area contributed by atoms with Gasteiger partial charge in [-0.25, -0.2) is 4.39 Å². The number of hydrogen-bond acceptors (Lipinski definition) is 2. The summed E-state index contributed by atoms with van der Waals surface area (Å²) in [6.07, 6.45) is 0. The number of benzene rings is 2. The monoisotopic (exact) mass is 360 g/mol. The molecule has 0 bridgehead atoms. The molecule has 1 unspecified atom stereocenters. The summed E-state index contributed by atoms with van der Waals surface area (Å²) in [5, 5.41) is -0.0372. The molecule has 0 aromatic heterocycles. The van der Waals surface area contributed by atoms with E-state index in [9.17, 15) is 14.0 Å². The Kier molecular flexibility index (Phi) is 4.77. The lowest BCUT2D eigenvalue weighted by atomic mass is 10.1. The second-order valence-electron chi connectivity index (χ2n) is 6.25. The number of aryl methyl sites for hydroxylation is 1. The maximum Gasteiger partial charge on any atom is 0.254 e. The standard InChI is InChI=1S/C19H18ClFN2O2/c1-12-3-6-15(7-4-12)23-10-13(2)22(11-18(23)24)19(25)14-5-8-16(20)17(21)9-14/h3-9,13H,10-11H2,1-2H3. The van der Waals surface area contributed by atoms with E-state index in [0.717, 1.165) is 17.3 Å². The van der Waals surface area contributed by atoms with Gasteiger partial charge in [0.1, 0.15) is 12.4 Å². The van der Waals surface area contributed by atoms with Gasteiger partial charge >= 0.3 is 0 Å².